The largest absolute Gasteiger partial charge is 0.465 e. The summed E-state index contributed by atoms with van der Waals surface area (Å²) >= 11 is 0. The molecule has 0 saturated carbocycles. The number of hydrogen-bond acceptors (Lipinski definition) is 4. The zero-order valence-corrected chi connectivity index (χ0v) is 16.0. The van der Waals surface area contributed by atoms with Gasteiger partial charge < -0.3 is 4.74 Å². The zero-order valence-electron chi connectivity index (χ0n) is 16.0. The van der Waals surface area contributed by atoms with Crippen LogP contribution in [0.1, 0.15) is 48.9 Å². The van der Waals surface area contributed by atoms with Gasteiger partial charge in [0.05, 0.1) is 17.6 Å². The van der Waals surface area contributed by atoms with Crippen LogP contribution in [-0.4, -0.2) is 27.9 Å². The Morgan fingerprint density at radius 3 is 2.44 bits per heavy atom. The van der Waals surface area contributed by atoms with Gasteiger partial charge in [-0.05, 0) is 42.8 Å². The maximum Gasteiger partial charge on any atom is 0.305 e. The number of ketones is 1. The van der Waals surface area contributed by atoms with Crippen molar-refractivity contribution in [3.05, 3.63) is 59.4 Å². The second kappa shape index (κ2) is 8.16. The molecule has 0 saturated heterocycles. The standard InChI is InChI=1S/C22H24N2O3/c1-4-21-23-19-14-17(15(3)25)8-11-20(19)24(21)18-9-6-16(7-10-18)12-13-27-22(26)5-2/h6-11,14H,4-5,12-13H2,1-3H3. The summed E-state index contributed by atoms with van der Waals surface area (Å²) in [7, 11) is 0. The molecular formula is C22H24N2O3. The topological polar surface area (TPSA) is 61.2 Å². The SMILES string of the molecule is CCC(=O)OCCc1ccc(-n2c(CC)nc3cc(C(C)=O)ccc32)cc1. The summed E-state index contributed by atoms with van der Waals surface area (Å²) in [5.74, 6) is 0.821. The molecule has 5 nitrogen and oxygen atoms in total. The van der Waals surface area contributed by atoms with E-state index >= 15 is 0 Å². The van der Waals surface area contributed by atoms with Crippen LogP contribution in [-0.2, 0) is 22.4 Å². The number of ether oxygens (including phenoxy) is 1. The summed E-state index contributed by atoms with van der Waals surface area (Å²) in [6.45, 7) is 5.82. The van der Waals surface area contributed by atoms with Gasteiger partial charge in [0.1, 0.15) is 5.82 Å². The minimum atomic E-state index is -0.172. The second-order valence-electron chi connectivity index (χ2n) is 6.47. The highest BCUT2D eigenvalue weighted by Gasteiger charge is 2.13. The molecule has 0 aliphatic rings. The van der Waals surface area contributed by atoms with Crippen molar-refractivity contribution in [1.29, 1.82) is 0 Å². The van der Waals surface area contributed by atoms with Gasteiger partial charge >= 0.3 is 5.97 Å². The third kappa shape index (κ3) is 4.08. The normalized spacial score (nSPS) is 10.9. The Morgan fingerprint density at radius 1 is 1.07 bits per heavy atom. The van der Waals surface area contributed by atoms with Crippen molar-refractivity contribution in [2.24, 2.45) is 0 Å². The van der Waals surface area contributed by atoms with E-state index in [2.05, 4.69) is 23.6 Å². The molecule has 0 bridgehead atoms. The molecule has 5 heteroatoms. The van der Waals surface area contributed by atoms with E-state index in [0.29, 0.717) is 25.0 Å². The molecule has 3 aromatic rings. The van der Waals surface area contributed by atoms with Gasteiger partial charge in [-0.15, -0.1) is 0 Å². The van der Waals surface area contributed by atoms with Gasteiger partial charge in [-0.1, -0.05) is 26.0 Å². The van der Waals surface area contributed by atoms with Crippen LogP contribution in [0.3, 0.4) is 0 Å². The van der Waals surface area contributed by atoms with Crippen molar-refractivity contribution in [3.63, 3.8) is 0 Å². The number of benzene rings is 2. The van der Waals surface area contributed by atoms with Crippen LogP contribution < -0.4 is 0 Å². The lowest BCUT2D eigenvalue weighted by atomic mass is 10.1. The average molecular weight is 364 g/mol. The van der Waals surface area contributed by atoms with Crippen LogP contribution in [0, 0.1) is 0 Å². The van der Waals surface area contributed by atoms with Crippen molar-refractivity contribution in [1.82, 2.24) is 9.55 Å². The van der Waals surface area contributed by atoms with Crippen molar-refractivity contribution in [2.75, 3.05) is 6.61 Å². The molecule has 1 aromatic heterocycles. The summed E-state index contributed by atoms with van der Waals surface area (Å²) < 4.78 is 7.27. The number of aromatic nitrogens is 2. The number of aryl methyl sites for hydroxylation is 1. The predicted octanol–water partition coefficient (Wildman–Crippen LogP) is 4.29. The number of rotatable bonds is 7. The van der Waals surface area contributed by atoms with Gasteiger partial charge in [0.2, 0.25) is 0 Å². The van der Waals surface area contributed by atoms with Gasteiger partial charge in [-0.2, -0.15) is 0 Å². The summed E-state index contributed by atoms with van der Waals surface area (Å²) in [5.41, 5.74) is 4.63. The number of nitrogens with zero attached hydrogens (tertiary/aromatic N) is 2. The quantitative estimate of drug-likeness (QED) is 0.464. The molecule has 2 aromatic carbocycles. The fourth-order valence-corrected chi connectivity index (χ4v) is 3.07. The van der Waals surface area contributed by atoms with Gasteiger partial charge in [-0.25, -0.2) is 4.98 Å². The summed E-state index contributed by atoms with van der Waals surface area (Å²) in [6.07, 6.45) is 1.88. The molecule has 3 rings (SSSR count). The smallest absolute Gasteiger partial charge is 0.305 e. The molecule has 0 aliphatic heterocycles. The van der Waals surface area contributed by atoms with E-state index < -0.39 is 0 Å². The van der Waals surface area contributed by atoms with Gasteiger partial charge in [0.25, 0.3) is 0 Å². The van der Waals surface area contributed by atoms with Crippen LogP contribution in [0.4, 0.5) is 0 Å². The average Bonchev–Trinajstić information content (AvgIpc) is 3.06. The number of hydrogen-bond donors (Lipinski definition) is 0. The summed E-state index contributed by atoms with van der Waals surface area (Å²) in [5, 5.41) is 0. The summed E-state index contributed by atoms with van der Waals surface area (Å²) in [4.78, 5) is 27.6. The number of carbonyl (C=O) groups excluding carboxylic acids is 2. The second-order valence-corrected chi connectivity index (χ2v) is 6.47. The van der Waals surface area contributed by atoms with E-state index in [1.165, 1.54) is 0 Å². The van der Waals surface area contributed by atoms with E-state index in [4.69, 9.17) is 9.72 Å². The van der Waals surface area contributed by atoms with E-state index in [1.807, 2.05) is 30.3 Å². The number of esters is 1. The van der Waals surface area contributed by atoms with E-state index in [1.54, 1.807) is 13.8 Å². The van der Waals surface area contributed by atoms with E-state index in [9.17, 15) is 9.59 Å². The Hall–Kier alpha value is -2.95. The molecule has 0 N–H and O–H groups in total. The first kappa shape index (κ1) is 18.8. The van der Waals surface area contributed by atoms with Crippen LogP contribution in [0.5, 0.6) is 0 Å². The molecule has 0 fully saturated rings. The molecule has 27 heavy (non-hydrogen) atoms. The first-order valence-electron chi connectivity index (χ1n) is 9.30. The minimum absolute atomic E-state index is 0.0395. The third-order valence-corrected chi connectivity index (χ3v) is 4.58. The Bertz CT molecular complexity index is 971. The zero-order chi connectivity index (χ0) is 19.4. The molecule has 0 atom stereocenters. The highest BCUT2D eigenvalue weighted by atomic mass is 16.5. The number of carbonyl (C=O) groups is 2. The minimum Gasteiger partial charge on any atom is -0.465 e. The van der Waals surface area contributed by atoms with Crippen LogP contribution in [0.2, 0.25) is 0 Å². The summed E-state index contributed by atoms with van der Waals surface area (Å²) in [6, 6.07) is 13.8. The van der Waals surface area contributed by atoms with E-state index in [0.717, 1.165) is 34.5 Å². The molecule has 0 spiro atoms. The molecule has 0 amide bonds. The molecule has 0 radical (unpaired) electrons. The predicted molar refractivity (Wildman–Crippen MR) is 105 cm³/mol. The Morgan fingerprint density at radius 2 is 1.81 bits per heavy atom. The van der Waals surface area contributed by atoms with Gasteiger partial charge in [0.15, 0.2) is 5.78 Å². The maximum absolute atomic E-state index is 11.6. The molecule has 1 heterocycles. The number of Topliss-reactive ketones (excluding diaryl/α,β-unsaturated/α-hetero) is 1. The van der Waals surface area contributed by atoms with Crippen molar-refractivity contribution < 1.29 is 14.3 Å². The highest BCUT2D eigenvalue weighted by Crippen LogP contribution is 2.24. The Balaban J connectivity index is 1.88. The first-order chi connectivity index (χ1) is 13.0. The number of imidazole rings is 1. The lowest BCUT2D eigenvalue weighted by molar-refractivity contribution is -0.143. The molecule has 0 aliphatic carbocycles. The van der Waals surface area contributed by atoms with Gasteiger partial charge in [0, 0.05) is 30.5 Å². The van der Waals surface area contributed by atoms with Crippen molar-refractivity contribution in [2.45, 2.75) is 40.0 Å². The monoisotopic (exact) mass is 364 g/mol. The van der Waals surface area contributed by atoms with E-state index in [-0.39, 0.29) is 11.8 Å². The molecule has 140 valence electrons. The van der Waals surface area contributed by atoms with Crippen LogP contribution in [0.25, 0.3) is 16.7 Å². The number of fused-ring (bicyclic) bond motifs is 1. The fraction of sp³-hybridized carbons (Fsp3) is 0.318. The van der Waals surface area contributed by atoms with Gasteiger partial charge in [-0.3, -0.25) is 14.2 Å². The van der Waals surface area contributed by atoms with Crippen LogP contribution >= 0.6 is 0 Å². The Kier molecular flexibility index (Phi) is 5.69. The van der Waals surface area contributed by atoms with Crippen molar-refractivity contribution >= 4 is 22.8 Å². The van der Waals surface area contributed by atoms with Crippen molar-refractivity contribution in [3.8, 4) is 5.69 Å². The lowest BCUT2D eigenvalue weighted by Crippen LogP contribution is -2.06. The highest BCUT2D eigenvalue weighted by molar-refractivity contribution is 5.97. The first-order valence-corrected chi connectivity index (χ1v) is 9.30. The lowest BCUT2D eigenvalue weighted by Gasteiger charge is -2.10. The third-order valence-electron chi connectivity index (χ3n) is 4.58. The van der Waals surface area contributed by atoms with Crippen LogP contribution in [0.15, 0.2) is 42.5 Å². The Labute approximate surface area is 159 Å². The molecular weight excluding hydrogens is 340 g/mol. The fourth-order valence-electron chi connectivity index (χ4n) is 3.07. The maximum atomic E-state index is 11.6. The molecule has 0 unspecified atom stereocenters.